The van der Waals surface area contributed by atoms with Gasteiger partial charge >= 0.3 is 0 Å². The minimum absolute atomic E-state index is 0.348. The maximum Gasteiger partial charge on any atom is 0.115 e. The minimum atomic E-state index is 0.348. The first-order chi connectivity index (χ1) is 8.34. The quantitative estimate of drug-likeness (QED) is 0.765. The summed E-state index contributed by atoms with van der Waals surface area (Å²) in [6.07, 6.45) is 4.10. The van der Waals surface area contributed by atoms with E-state index in [2.05, 4.69) is 10.2 Å². The predicted octanol–water partition coefficient (Wildman–Crippen LogP) is 1.97. The average Bonchev–Trinajstić information content (AvgIpc) is 2.36. The molecule has 0 radical (unpaired) electrons. The second kappa shape index (κ2) is 6.62. The molecule has 17 heavy (non-hydrogen) atoms. The summed E-state index contributed by atoms with van der Waals surface area (Å²) in [5.74, 6) is 0.348. The fourth-order valence-corrected chi connectivity index (χ4v) is 2.32. The Morgan fingerprint density at radius 2 is 2.00 bits per heavy atom. The fraction of sp³-hybridized carbons (Fsp3) is 0.571. The van der Waals surface area contributed by atoms with Crippen molar-refractivity contribution in [2.45, 2.75) is 25.8 Å². The van der Waals surface area contributed by atoms with Gasteiger partial charge in [0.25, 0.3) is 0 Å². The van der Waals surface area contributed by atoms with Crippen molar-refractivity contribution < 1.29 is 5.11 Å². The van der Waals surface area contributed by atoms with Crippen LogP contribution in [0.4, 0.5) is 0 Å². The molecule has 1 aromatic rings. The molecule has 0 aromatic heterocycles. The van der Waals surface area contributed by atoms with Crippen molar-refractivity contribution in [2.75, 3.05) is 26.2 Å². The molecule has 3 nitrogen and oxygen atoms in total. The smallest absolute Gasteiger partial charge is 0.115 e. The lowest BCUT2D eigenvalue weighted by Crippen LogP contribution is -2.35. The van der Waals surface area contributed by atoms with Crippen LogP contribution in [0.15, 0.2) is 24.3 Å². The van der Waals surface area contributed by atoms with E-state index in [4.69, 9.17) is 0 Å². The van der Waals surface area contributed by atoms with Gasteiger partial charge in [-0.3, -0.25) is 0 Å². The molecule has 1 aliphatic rings. The molecule has 0 unspecified atom stereocenters. The largest absolute Gasteiger partial charge is 0.508 e. The number of piperidine rings is 1. The summed E-state index contributed by atoms with van der Waals surface area (Å²) in [6.45, 7) is 5.51. The molecule has 1 aliphatic heterocycles. The fourth-order valence-electron chi connectivity index (χ4n) is 2.32. The van der Waals surface area contributed by atoms with Crippen LogP contribution in [-0.4, -0.2) is 36.2 Å². The summed E-state index contributed by atoms with van der Waals surface area (Å²) >= 11 is 0. The summed E-state index contributed by atoms with van der Waals surface area (Å²) < 4.78 is 0. The zero-order valence-corrected chi connectivity index (χ0v) is 10.4. The Bertz CT molecular complexity index is 335. The van der Waals surface area contributed by atoms with Crippen molar-refractivity contribution in [1.82, 2.24) is 10.2 Å². The van der Waals surface area contributed by atoms with E-state index in [1.165, 1.54) is 32.4 Å². The molecule has 0 spiro atoms. The summed E-state index contributed by atoms with van der Waals surface area (Å²) in [6, 6.07) is 7.44. The molecule has 3 heteroatoms. The van der Waals surface area contributed by atoms with E-state index in [0.717, 1.165) is 25.2 Å². The third-order valence-corrected chi connectivity index (χ3v) is 3.29. The minimum Gasteiger partial charge on any atom is -0.508 e. The second-order valence-corrected chi connectivity index (χ2v) is 4.75. The molecular formula is C14H22N2O. The highest BCUT2D eigenvalue weighted by Crippen LogP contribution is 2.10. The topological polar surface area (TPSA) is 35.5 Å². The number of rotatable bonds is 5. The van der Waals surface area contributed by atoms with Crippen molar-refractivity contribution in [3.63, 3.8) is 0 Å². The number of nitrogens with one attached hydrogen (secondary N) is 1. The lowest BCUT2D eigenvalue weighted by molar-refractivity contribution is 0.229. The van der Waals surface area contributed by atoms with E-state index in [1.54, 1.807) is 6.07 Å². The van der Waals surface area contributed by atoms with Crippen molar-refractivity contribution in [1.29, 1.82) is 0 Å². The first kappa shape index (κ1) is 12.4. The average molecular weight is 234 g/mol. The molecule has 0 amide bonds. The Morgan fingerprint density at radius 3 is 2.76 bits per heavy atom. The maximum atomic E-state index is 9.34. The number of hydrogen-bond donors (Lipinski definition) is 2. The third kappa shape index (κ3) is 4.36. The molecule has 2 N–H and O–H groups in total. The van der Waals surface area contributed by atoms with Gasteiger partial charge in [0, 0.05) is 19.6 Å². The maximum absolute atomic E-state index is 9.34. The number of benzene rings is 1. The molecule has 1 fully saturated rings. The van der Waals surface area contributed by atoms with Crippen LogP contribution in [0.2, 0.25) is 0 Å². The molecule has 0 bridgehead atoms. The van der Waals surface area contributed by atoms with Gasteiger partial charge in [-0.05, 0) is 43.6 Å². The molecule has 1 saturated heterocycles. The second-order valence-electron chi connectivity index (χ2n) is 4.75. The molecule has 1 heterocycles. The highest BCUT2D eigenvalue weighted by Gasteiger charge is 2.08. The molecule has 0 saturated carbocycles. The van der Waals surface area contributed by atoms with Gasteiger partial charge in [-0.25, -0.2) is 0 Å². The molecule has 94 valence electrons. The lowest BCUT2D eigenvalue weighted by Gasteiger charge is -2.26. The summed E-state index contributed by atoms with van der Waals surface area (Å²) in [7, 11) is 0. The highest BCUT2D eigenvalue weighted by molar-refractivity contribution is 5.26. The highest BCUT2D eigenvalue weighted by atomic mass is 16.3. The van der Waals surface area contributed by atoms with Crippen molar-refractivity contribution in [2.24, 2.45) is 0 Å². The Kier molecular flexibility index (Phi) is 4.83. The Morgan fingerprint density at radius 1 is 1.18 bits per heavy atom. The number of aromatic hydroxyl groups is 1. The standard InChI is InChI=1S/C14H22N2O/c17-14-6-4-5-13(11-14)12-15-7-10-16-8-2-1-3-9-16/h4-6,11,15,17H,1-3,7-10,12H2. The third-order valence-electron chi connectivity index (χ3n) is 3.29. The molecule has 2 rings (SSSR count). The number of phenols is 1. The van der Waals surface area contributed by atoms with Crippen LogP contribution < -0.4 is 5.32 Å². The first-order valence-electron chi connectivity index (χ1n) is 6.55. The zero-order chi connectivity index (χ0) is 11.9. The Balaban J connectivity index is 1.62. The number of hydrogen-bond acceptors (Lipinski definition) is 3. The number of phenolic OH excluding ortho intramolecular Hbond substituents is 1. The van der Waals surface area contributed by atoms with Gasteiger partial charge in [0.05, 0.1) is 0 Å². The molecule has 0 atom stereocenters. The molecule has 1 aromatic carbocycles. The van der Waals surface area contributed by atoms with Crippen LogP contribution in [0.5, 0.6) is 5.75 Å². The number of likely N-dealkylation sites (tertiary alicyclic amines) is 1. The normalized spacial score (nSPS) is 17.2. The molecular weight excluding hydrogens is 212 g/mol. The summed E-state index contributed by atoms with van der Waals surface area (Å²) in [5, 5.41) is 12.8. The van der Waals surface area contributed by atoms with E-state index < -0.39 is 0 Å². The van der Waals surface area contributed by atoms with Gasteiger partial charge in [0.15, 0.2) is 0 Å². The zero-order valence-electron chi connectivity index (χ0n) is 10.4. The van der Waals surface area contributed by atoms with Crippen LogP contribution in [-0.2, 0) is 6.54 Å². The lowest BCUT2D eigenvalue weighted by atomic mass is 10.1. The monoisotopic (exact) mass is 234 g/mol. The van der Waals surface area contributed by atoms with Crippen LogP contribution in [0.1, 0.15) is 24.8 Å². The van der Waals surface area contributed by atoms with E-state index in [0.29, 0.717) is 5.75 Å². The van der Waals surface area contributed by atoms with Gasteiger partial charge in [0.2, 0.25) is 0 Å². The SMILES string of the molecule is Oc1cccc(CNCCN2CCCCC2)c1. The first-order valence-corrected chi connectivity index (χ1v) is 6.55. The van der Waals surface area contributed by atoms with Gasteiger partial charge in [-0.15, -0.1) is 0 Å². The van der Waals surface area contributed by atoms with Gasteiger partial charge in [-0.1, -0.05) is 18.6 Å². The predicted molar refractivity (Wildman–Crippen MR) is 70.1 cm³/mol. The Labute approximate surface area is 103 Å². The van der Waals surface area contributed by atoms with E-state index in [9.17, 15) is 5.11 Å². The number of nitrogens with zero attached hydrogens (tertiary/aromatic N) is 1. The van der Waals surface area contributed by atoms with Crippen LogP contribution in [0, 0.1) is 0 Å². The van der Waals surface area contributed by atoms with Gasteiger partial charge in [0.1, 0.15) is 5.75 Å². The van der Waals surface area contributed by atoms with Crippen LogP contribution >= 0.6 is 0 Å². The van der Waals surface area contributed by atoms with Crippen molar-refractivity contribution >= 4 is 0 Å². The van der Waals surface area contributed by atoms with E-state index in [1.807, 2.05) is 18.2 Å². The van der Waals surface area contributed by atoms with Gasteiger partial charge in [-0.2, -0.15) is 0 Å². The van der Waals surface area contributed by atoms with Crippen LogP contribution in [0.25, 0.3) is 0 Å². The van der Waals surface area contributed by atoms with Crippen molar-refractivity contribution in [3.8, 4) is 5.75 Å². The van der Waals surface area contributed by atoms with E-state index >= 15 is 0 Å². The van der Waals surface area contributed by atoms with Gasteiger partial charge < -0.3 is 15.3 Å². The van der Waals surface area contributed by atoms with Crippen molar-refractivity contribution in [3.05, 3.63) is 29.8 Å². The van der Waals surface area contributed by atoms with E-state index in [-0.39, 0.29) is 0 Å². The van der Waals surface area contributed by atoms with Crippen LogP contribution in [0.3, 0.4) is 0 Å². The summed E-state index contributed by atoms with van der Waals surface area (Å²) in [4.78, 5) is 2.53. The summed E-state index contributed by atoms with van der Waals surface area (Å²) in [5.41, 5.74) is 1.14. The Hall–Kier alpha value is -1.06. The molecule has 0 aliphatic carbocycles.